The van der Waals surface area contributed by atoms with Crippen molar-refractivity contribution in [1.29, 1.82) is 0 Å². The highest BCUT2D eigenvalue weighted by Crippen LogP contribution is 2.23. The second-order valence-corrected chi connectivity index (χ2v) is 6.92. The van der Waals surface area contributed by atoms with E-state index < -0.39 is 10.0 Å². The van der Waals surface area contributed by atoms with E-state index in [0.29, 0.717) is 11.3 Å². The molecule has 2 aromatic carbocycles. The Balaban J connectivity index is 2.07. The highest BCUT2D eigenvalue weighted by Gasteiger charge is 2.07. The highest BCUT2D eigenvalue weighted by atomic mass is 32.2. The van der Waals surface area contributed by atoms with Gasteiger partial charge in [-0.25, -0.2) is 13.6 Å². The lowest BCUT2D eigenvalue weighted by atomic mass is 10.2. The van der Waals surface area contributed by atoms with Crippen molar-refractivity contribution in [2.24, 2.45) is 10.2 Å². The molecule has 134 valence electrons. The van der Waals surface area contributed by atoms with Crippen LogP contribution in [0.1, 0.15) is 19.4 Å². The zero-order valence-electron chi connectivity index (χ0n) is 14.2. The molecule has 0 atom stereocenters. The number of phenolic OH excluding ortho intramolecular Hbond substituents is 1. The van der Waals surface area contributed by atoms with Gasteiger partial charge in [-0.2, -0.15) is 5.10 Å². The standard InChI is InChI=1S/C17H22N4O3S/c1-3-21(4-2)15-8-5-13(17(22)11-15)12-19-20-14-6-9-16(10-7-14)25(18,23)24/h5-12,20,22H,3-4H2,1-2H3,(H2,18,23,24). The monoisotopic (exact) mass is 362 g/mol. The van der Waals surface area contributed by atoms with Gasteiger partial charge in [0.15, 0.2) is 0 Å². The molecule has 0 bridgehead atoms. The van der Waals surface area contributed by atoms with Gasteiger partial charge in [0.1, 0.15) is 5.75 Å². The molecule has 8 heteroatoms. The van der Waals surface area contributed by atoms with Crippen molar-refractivity contribution in [2.75, 3.05) is 23.4 Å². The maximum absolute atomic E-state index is 11.2. The van der Waals surface area contributed by atoms with Crippen LogP contribution in [0.5, 0.6) is 5.75 Å². The van der Waals surface area contributed by atoms with E-state index in [1.54, 1.807) is 24.3 Å². The Labute approximate surface area is 147 Å². The Morgan fingerprint density at radius 3 is 2.32 bits per heavy atom. The largest absolute Gasteiger partial charge is 0.507 e. The zero-order chi connectivity index (χ0) is 18.4. The molecular weight excluding hydrogens is 340 g/mol. The number of phenols is 1. The van der Waals surface area contributed by atoms with Crippen LogP contribution in [0.15, 0.2) is 52.5 Å². The summed E-state index contributed by atoms with van der Waals surface area (Å²) < 4.78 is 22.4. The first-order valence-electron chi connectivity index (χ1n) is 7.85. The van der Waals surface area contributed by atoms with Crippen LogP contribution in [0.2, 0.25) is 0 Å². The number of sulfonamides is 1. The summed E-state index contributed by atoms with van der Waals surface area (Å²) >= 11 is 0. The van der Waals surface area contributed by atoms with Crippen LogP contribution in [-0.4, -0.2) is 32.8 Å². The van der Waals surface area contributed by atoms with Crippen molar-refractivity contribution in [1.82, 2.24) is 0 Å². The SMILES string of the molecule is CCN(CC)c1ccc(C=NNc2ccc(S(N)(=O)=O)cc2)c(O)c1. The van der Waals surface area contributed by atoms with Crippen molar-refractivity contribution < 1.29 is 13.5 Å². The number of anilines is 2. The number of hydrogen-bond donors (Lipinski definition) is 3. The lowest BCUT2D eigenvalue weighted by Crippen LogP contribution is -2.21. The van der Waals surface area contributed by atoms with Gasteiger partial charge in [-0.05, 0) is 50.2 Å². The molecule has 0 aromatic heterocycles. The van der Waals surface area contributed by atoms with Crippen LogP contribution < -0.4 is 15.5 Å². The van der Waals surface area contributed by atoms with Crippen LogP contribution >= 0.6 is 0 Å². The molecule has 0 radical (unpaired) electrons. The van der Waals surface area contributed by atoms with Crippen molar-refractivity contribution in [2.45, 2.75) is 18.7 Å². The molecular formula is C17H22N4O3S. The molecule has 0 unspecified atom stereocenters. The first-order valence-corrected chi connectivity index (χ1v) is 9.39. The molecule has 4 N–H and O–H groups in total. The lowest BCUT2D eigenvalue weighted by Gasteiger charge is -2.21. The number of aromatic hydroxyl groups is 1. The number of benzene rings is 2. The third kappa shape index (κ3) is 4.94. The molecule has 2 rings (SSSR count). The van der Waals surface area contributed by atoms with Crippen molar-refractivity contribution in [3.05, 3.63) is 48.0 Å². The number of rotatable bonds is 7. The molecule has 0 spiro atoms. The van der Waals surface area contributed by atoms with Gasteiger partial charge < -0.3 is 10.0 Å². The predicted octanol–water partition coefficient (Wildman–Crippen LogP) is 2.33. The topological polar surface area (TPSA) is 108 Å². The van der Waals surface area contributed by atoms with Crippen LogP contribution in [0.25, 0.3) is 0 Å². The fraction of sp³-hybridized carbons (Fsp3) is 0.235. The van der Waals surface area contributed by atoms with Crippen LogP contribution in [0.4, 0.5) is 11.4 Å². The minimum absolute atomic E-state index is 0.0339. The molecule has 0 saturated heterocycles. The van der Waals surface area contributed by atoms with E-state index in [-0.39, 0.29) is 10.6 Å². The van der Waals surface area contributed by atoms with Crippen molar-refractivity contribution >= 4 is 27.6 Å². The highest BCUT2D eigenvalue weighted by molar-refractivity contribution is 7.89. The minimum Gasteiger partial charge on any atom is -0.507 e. The summed E-state index contributed by atoms with van der Waals surface area (Å²) in [6, 6.07) is 11.3. The smallest absolute Gasteiger partial charge is 0.238 e. The summed E-state index contributed by atoms with van der Waals surface area (Å²) in [5, 5.41) is 19.2. The van der Waals surface area contributed by atoms with E-state index in [4.69, 9.17) is 5.14 Å². The fourth-order valence-electron chi connectivity index (χ4n) is 2.32. The van der Waals surface area contributed by atoms with E-state index in [9.17, 15) is 13.5 Å². The van der Waals surface area contributed by atoms with Gasteiger partial charge in [0, 0.05) is 30.4 Å². The van der Waals surface area contributed by atoms with Gasteiger partial charge in [0.25, 0.3) is 0 Å². The average molecular weight is 362 g/mol. The molecule has 0 heterocycles. The molecule has 7 nitrogen and oxygen atoms in total. The molecule has 25 heavy (non-hydrogen) atoms. The molecule has 0 amide bonds. The molecule has 0 fully saturated rings. The molecule has 0 aliphatic rings. The summed E-state index contributed by atoms with van der Waals surface area (Å²) in [7, 11) is -3.71. The third-order valence-electron chi connectivity index (χ3n) is 3.72. The Bertz CT molecular complexity index is 845. The van der Waals surface area contributed by atoms with Gasteiger partial charge in [-0.1, -0.05) is 0 Å². The second kappa shape index (κ2) is 8.00. The van der Waals surface area contributed by atoms with Crippen LogP contribution in [0.3, 0.4) is 0 Å². The number of primary sulfonamides is 1. The van der Waals surface area contributed by atoms with Gasteiger partial charge >= 0.3 is 0 Å². The van der Waals surface area contributed by atoms with Gasteiger partial charge in [-0.15, -0.1) is 0 Å². The average Bonchev–Trinajstić information content (AvgIpc) is 2.57. The zero-order valence-corrected chi connectivity index (χ0v) is 15.0. The van der Waals surface area contributed by atoms with Crippen LogP contribution in [0, 0.1) is 0 Å². The summed E-state index contributed by atoms with van der Waals surface area (Å²) in [5.41, 5.74) is 4.89. The Hall–Kier alpha value is -2.58. The summed E-state index contributed by atoms with van der Waals surface area (Å²) in [5.74, 6) is 0.138. The van der Waals surface area contributed by atoms with E-state index in [0.717, 1.165) is 18.8 Å². The Morgan fingerprint density at radius 2 is 1.80 bits per heavy atom. The van der Waals surface area contributed by atoms with E-state index >= 15 is 0 Å². The predicted molar refractivity (Wildman–Crippen MR) is 101 cm³/mol. The summed E-state index contributed by atoms with van der Waals surface area (Å²) in [6.07, 6.45) is 1.49. The maximum Gasteiger partial charge on any atom is 0.238 e. The number of nitrogens with zero attached hydrogens (tertiary/aromatic N) is 2. The van der Waals surface area contributed by atoms with Crippen LogP contribution in [-0.2, 0) is 10.0 Å². The van der Waals surface area contributed by atoms with Gasteiger partial charge in [0.05, 0.1) is 16.8 Å². The fourth-order valence-corrected chi connectivity index (χ4v) is 2.84. The second-order valence-electron chi connectivity index (χ2n) is 5.35. The molecule has 2 aromatic rings. The minimum atomic E-state index is -3.71. The van der Waals surface area contributed by atoms with Crippen molar-refractivity contribution in [3.8, 4) is 5.75 Å². The molecule has 0 saturated carbocycles. The third-order valence-corrected chi connectivity index (χ3v) is 4.65. The lowest BCUT2D eigenvalue weighted by molar-refractivity contribution is 0.474. The Morgan fingerprint density at radius 1 is 1.16 bits per heavy atom. The first kappa shape index (κ1) is 18.8. The molecule has 0 aliphatic heterocycles. The van der Waals surface area contributed by atoms with E-state index in [1.165, 1.54) is 18.3 Å². The number of nitrogens with one attached hydrogen (secondary N) is 1. The normalized spacial score (nSPS) is 11.6. The Kier molecular flexibility index (Phi) is 6.00. The number of hydrazone groups is 1. The van der Waals surface area contributed by atoms with E-state index in [1.807, 2.05) is 6.07 Å². The summed E-state index contributed by atoms with van der Waals surface area (Å²) in [4.78, 5) is 2.16. The van der Waals surface area contributed by atoms with Gasteiger partial charge in [0.2, 0.25) is 10.0 Å². The van der Waals surface area contributed by atoms with E-state index in [2.05, 4.69) is 29.3 Å². The maximum atomic E-state index is 11.2. The first-order chi connectivity index (χ1) is 11.8. The van der Waals surface area contributed by atoms with Gasteiger partial charge in [-0.3, -0.25) is 5.43 Å². The number of nitrogens with two attached hydrogens (primary N) is 1. The quantitative estimate of drug-likeness (QED) is 0.517. The number of hydrogen-bond acceptors (Lipinski definition) is 6. The van der Waals surface area contributed by atoms with Crippen molar-refractivity contribution in [3.63, 3.8) is 0 Å². The molecule has 0 aliphatic carbocycles. The summed E-state index contributed by atoms with van der Waals surface area (Å²) in [6.45, 7) is 5.83.